The summed E-state index contributed by atoms with van der Waals surface area (Å²) in [4.78, 5) is 14.1. The summed E-state index contributed by atoms with van der Waals surface area (Å²) >= 11 is 0. The third-order valence-electron chi connectivity index (χ3n) is 3.45. The standard InChI is InChI=1S/C15H19F2NO4/c1-2-18-7-8-20-10-13(18)14(19)21-9-11-3-5-12(6-4-11)22-15(16)17/h3-6,13,15H,2,7-10H2,1H3. The van der Waals surface area contributed by atoms with Crippen molar-refractivity contribution in [2.45, 2.75) is 26.2 Å². The predicted octanol–water partition coefficient (Wildman–Crippen LogP) is 2.05. The summed E-state index contributed by atoms with van der Waals surface area (Å²) in [5.74, 6) is -0.266. The molecule has 0 spiro atoms. The topological polar surface area (TPSA) is 48.0 Å². The van der Waals surface area contributed by atoms with Crippen LogP contribution in [-0.2, 0) is 20.9 Å². The lowest BCUT2D eigenvalue weighted by atomic mass is 10.2. The molecule has 0 saturated carbocycles. The molecule has 0 N–H and O–H groups in total. The Hall–Kier alpha value is -1.73. The summed E-state index contributed by atoms with van der Waals surface area (Å²) in [7, 11) is 0. The molecule has 22 heavy (non-hydrogen) atoms. The van der Waals surface area contributed by atoms with Gasteiger partial charge in [0.15, 0.2) is 0 Å². The van der Waals surface area contributed by atoms with Gasteiger partial charge in [0, 0.05) is 6.54 Å². The minimum atomic E-state index is -2.85. The van der Waals surface area contributed by atoms with Gasteiger partial charge in [0.05, 0.1) is 13.2 Å². The van der Waals surface area contributed by atoms with E-state index in [0.29, 0.717) is 25.3 Å². The van der Waals surface area contributed by atoms with E-state index >= 15 is 0 Å². The summed E-state index contributed by atoms with van der Waals surface area (Å²) < 4.78 is 38.9. The van der Waals surface area contributed by atoms with Crippen LogP contribution in [0.1, 0.15) is 12.5 Å². The monoisotopic (exact) mass is 315 g/mol. The number of esters is 1. The van der Waals surface area contributed by atoms with Gasteiger partial charge in [-0.15, -0.1) is 0 Å². The molecule has 0 radical (unpaired) electrons. The Labute approximate surface area is 127 Å². The Morgan fingerprint density at radius 3 is 2.77 bits per heavy atom. The maximum atomic E-state index is 12.1. The minimum absolute atomic E-state index is 0.0721. The molecule has 1 heterocycles. The fraction of sp³-hybridized carbons (Fsp3) is 0.533. The van der Waals surface area contributed by atoms with E-state index in [0.717, 1.165) is 6.54 Å². The first-order chi connectivity index (χ1) is 10.6. The van der Waals surface area contributed by atoms with Crippen molar-refractivity contribution >= 4 is 5.97 Å². The third kappa shape index (κ3) is 4.64. The Kier molecular flexibility index (Phi) is 6.09. The summed E-state index contributed by atoms with van der Waals surface area (Å²) in [6, 6.07) is 5.61. The van der Waals surface area contributed by atoms with Crippen molar-refractivity contribution in [1.82, 2.24) is 4.90 Å². The number of carbonyl (C=O) groups is 1. The van der Waals surface area contributed by atoms with E-state index in [9.17, 15) is 13.6 Å². The lowest BCUT2D eigenvalue weighted by Crippen LogP contribution is -2.50. The van der Waals surface area contributed by atoms with Crippen molar-refractivity contribution in [3.05, 3.63) is 29.8 Å². The van der Waals surface area contributed by atoms with E-state index in [-0.39, 0.29) is 24.4 Å². The normalized spacial score (nSPS) is 19.2. The predicted molar refractivity (Wildman–Crippen MR) is 74.7 cm³/mol. The van der Waals surface area contributed by atoms with Crippen LogP contribution in [0, 0.1) is 0 Å². The van der Waals surface area contributed by atoms with Crippen LogP contribution in [0.4, 0.5) is 8.78 Å². The van der Waals surface area contributed by atoms with E-state index in [1.165, 1.54) is 12.1 Å². The average molecular weight is 315 g/mol. The number of hydrogen-bond acceptors (Lipinski definition) is 5. The molecule has 0 amide bonds. The highest BCUT2D eigenvalue weighted by molar-refractivity contribution is 5.76. The Morgan fingerprint density at radius 1 is 1.41 bits per heavy atom. The summed E-state index contributed by atoms with van der Waals surface area (Å²) in [6.45, 7) is 1.61. The molecule has 1 saturated heterocycles. The molecule has 1 fully saturated rings. The largest absolute Gasteiger partial charge is 0.460 e. The van der Waals surface area contributed by atoms with Gasteiger partial charge in [-0.05, 0) is 24.2 Å². The second-order valence-electron chi connectivity index (χ2n) is 4.85. The number of carbonyl (C=O) groups excluding carboxylic acids is 1. The molecule has 1 aliphatic heterocycles. The van der Waals surface area contributed by atoms with Gasteiger partial charge < -0.3 is 14.2 Å². The number of likely N-dealkylation sites (N-methyl/N-ethyl adjacent to an activating group) is 1. The Balaban J connectivity index is 1.85. The van der Waals surface area contributed by atoms with Crippen LogP contribution in [0.15, 0.2) is 24.3 Å². The van der Waals surface area contributed by atoms with Crippen molar-refractivity contribution < 1.29 is 27.8 Å². The second kappa shape index (κ2) is 8.05. The van der Waals surface area contributed by atoms with Gasteiger partial charge in [-0.3, -0.25) is 9.69 Å². The summed E-state index contributed by atoms with van der Waals surface area (Å²) in [5, 5.41) is 0. The van der Waals surface area contributed by atoms with E-state index < -0.39 is 6.61 Å². The van der Waals surface area contributed by atoms with E-state index in [1.54, 1.807) is 12.1 Å². The average Bonchev–Trinajstić information content (AvgIpc) is 2.53. The maximum Gasteiger partial charge on any atom is 0.387 e. The molecule has 0 bridgehead atoms. The molecule has 7 heteroatoms. The lowest BCUT2D eigenvalue weighted by molar-refractivity contribution is -0.157. The van der Waals surface area contributed by atoms with Gasteiger partial charge >= 0.3 is 12.6 Å². The third-order valence-corrected chi connectivity index (χ3v) is 3.45. The summed E-state index contributed by atoms with van der Waals surface area (Å²) in [6.07, 6.45) is 0. The second-order valence-corrected chi connectivity index (χ2v) is 4.85. The first-order valence-corrected chi connectivity index (χ1v) is 7.12. The number of ether oxygens (including phenoxy) is 3. The summed E-state index contributed by atoms with van der Waals surface area (Å²) in [5.41, 5.74) is 0.703. The van der Waals surface area contributed by atoms with Crippen LogP contribution in [-0.4, -0.2) is 49.8 Å². The highest BCUT2D eigenvalue weighted by Crippen LogP contribution is 2.16. The van der Waals surface area contributed by atoms with Gasteiger partial charge in [0.25, 0.3) is 0 Å². The van der Waals surface area contributed by atoms with Crippen molar-refractivity contribution in [2.24, 2.45) is 0 Å². The zero-order chi connectivity index (χ0) is 15.9. The molecule has 122 valence electrons. The zero-order valence-electron chi connectivity index (χ0n) is 12.3. The van der Waals surface area contributed by atoms with Crippen molar-refractivity contribution in [2.75, 3.05) is 26.3 Å². The highest BCUT2D eigenvalue weighted by Gasteiger charge is 2.29. The van der Waals surface area contributed by atoms with Crippen LogP contribution >= 0.6 is 0 Å². The molecule has 1 aromatic rings. The molecule has 5 nitrogen and oxygen atoms in total. The lowest BCUT2D eigenvalue weighted by Gasteiger charge is -2.32. The number of hydrogen-bond donors (Lipinski definition) is 0. The van der Waals surface area contributed by atoms with Gasteiger partial charge in [-0.1, -0.05) is 19.1 Å². The van der Waals surface area contributed by atoms with E-state index in [1.807, 2.05) is 11.8 Å². The molecular weight excluding hydrogens is 296 g/mol. The fourth-order valence-electron chi connectivity index (χ4n) is 2.25. The van der Waals surface area contributed by atoms with Crippen LogP contribution in [0.25, 0.3) is 0 Å². The molecule has 1 atom stereocenters. The molecule has 2 rings (SSSR count). The molecule has 1 aliphatic rings. The van der Waals surface area contributed by atoms with Crippen LogP contribution in [0.3, 0.4) is 0 Å². The minimum Gasteiger partial charge on any atom is -0.460 e. The molecular formula is C15H19F2NO4. The van der Waals surface area contributed by atoms with Gasteiger partial charge in [0.1, 0.15) is 18.4 Å². The van der Waals surface area contributed by atoms with Gasteiger partial charge in [0.2, 0.25) is 0 Å². The Bertz CT molecular complexity index is 481. The van der Waals surface area contributed by atoms with Crippen LogP contribution in [0.2, 0.25) is 0 Å². The van der Waals surface area contributed by atoms with Crippen molar-refractivity contribution in [1.29, 1.82) is 0 Å². The number of halogens is 2. The number of rotatable bonds is 6. The smallest absolute Gasteiger partial charge is 0.387 e. The maximum absolute atomic E-state index is 12.1. The van der Waals surface area contributed by atoms with E-state index in [2.05, 4.69) is 4.74 Å². The highest BCUT2D eigenvalue weighted by atomic mass is 19.3. The number of alkyl halides is 2. The molecule has 0 aromatic heterocycles. The quantitative estimate of drug-likeness (QED) is 0.752. The van der Waals surface area contributed by atoms with Crippen molar-refractivity contribution in [3.63, 3.8) is 0 Å². The fourth-order valence-corrected chi connectivity index (χ4v) is 2.25. The number of nitrogens with zero attached hydrogens (tertiary/aromatic N) is 1. The number of benzene rings is 1. The molecule has 1 unspecified atom stereocenters. The first kappa shape index (κ1) is 16.6. The SMILES string of the molecule is CCN1CCOCC1C(=O)OCc1ccc(OC(F)F)cc1. The van der Waals surface area contributed by atoms with Crippen LogP contribution in [0.5, 0.6) is 5.75 Å². The Morgan fingerprint density at radius 2 is 2.14 bits per heavy atom. The number of morpholine rings is 1. The molecule has 1 aromatic carbocycles. The van der Waals surface area contributed by atoms with Gasteiger partial charge in [-0.25, -0.2) is 0 Å². The first-order valence-electron chi connectivity index (χ1n) is 7.12. The van der Waals surface area contributed by atoms with E-state index in [4.69, 9.17) is 9.47 Å². The zero-order valence-corrected chi connectivity index (χ0v) is 12.3. The molecule has 0 aliphatic carbocycles. The van der Waals surface area contributed by atoms with Gasteiger partial charge in [-0.2, -0.15) is 8.78 Å². The van der Waals surface area contributed by atoms with Crippen LogP contribution < -0.4 is 4.74 Å². The van der Waals surface area contributed by atoms with Crippen molar-refractivity contribution in [3.8, 4) is 5.75 Å².